The van der Waals surface area contributed by atoms with Crippen LogP contribution in [0, 0.1) is 0 Å². The largest absolute Gasteiger partial charge is 0.466 e. The SMILES string of the molecule is CCOC(=O)CCCNC1CCC(C)(C)c2ccccc21. The van der Waals surface area contributed by atoms with E-state index >= 15 is 0 Å². The molecule has 0 spiro atoms. The molecule has 21 heavy (non-hydrogen) atoms. The van der Waals surface area contributed by atoms with Gasteiger partial charge < -0.3 is 10.1 Å². The van der Waals surface area contributed by atoms with Crippen LogP contribution in [-0.4, -0.2) is 19.1 Å². The summed E-state index contributed by atoms with van der Waals surface area (Å²) in [6.45, 7) is 7.82. The molecule has 0 fully saturated rings. The Kier molecular flexibility index (Phi) is 5.40. The van der Waals surface area contributed by atoms with Gasteiger partial charge in [0, 0.05) is 12.5 Å². The third-order valence-electron chi connectivity index (χ3n) is 4.38. The predicted molar refractivity (Wildman–Crippen MR) is 85.3 cm³/mol. The molecule has 116 valence electrons. The van der Waals surface area contributed by atoms with E-state index in [1.165, 1.54) is 17.5 Å². The highest BCUT2D eigenvalue weighted by Gasteiger charge is 2.31. The van der Waals surface area contributed by atoms with Gasteiger partial charge >= 0.3 is 5.97 Å². The molecule has 3 heteroatoms. The number of benzene rings is 1. The normalized spacial score (nSPS) is 19.9. The lowest BCUT2D eigenvalue weighted by molar-refractivity contribution is -0.143. The highest BCUT2D eigenvalue weighted by Crippen LogP contribution is 2.41. The van der Waals surface area contributed by atoms with Gasteiger partial charge in [-0.05, 0) is 49.3 Å². The summed E-state index contributed by atoms with van der Waals surface area (Å²) in [6, 6.07) is 9.15. The number of rotatable bonds is 6. The van der Waals surface area contributed by atoms with Gasteiger partial charge in [0.15, 0.2) is 0 Å². The Morgan fingerprint density at radius 1 is 1.38 bits per heavy atom. The highest BCUT2D eigenvalue weighted by atomic mass is 16.5. The number of ether oxygens (including phenoxy) is 1. The molecule has 2 rings (SSSR count). The van der Waals surface area contributed by atoms with Crippen LogP contribution in [0.25, 0.3) is 0 Å². The van der Waals surface area contributed by atoms with E-state index < -0.39 is 0 Å². The third-order valence-corrected chi connectivity index (χ3v) is 4.38. The van der Waals surface area contributed by atoms with Crippen molar-refractivity contribution in [1.82, 2.24) is 5.32 Å². The predicted octanol–water partition coefficient (Wildman–Crippen LogP) is 3.73. The van der Waals surface area contributed by atoms with Crippen LogP contribution in [0.5, 0.6) is 0 Å². The summed E-state index contributed by atoms with van der Waals surface area (Å²) in [5, 5.41) is 3.61. The summed E-state index contributed by atoms with van der Waals surface area (Å²) in [5.41, 5.74) is 3.14. The molecular weight excluding hydrogens is 262 g/mol. The first kappa shape index (κ1) is 16.0. The number of esters is 1. The number of carbonyl (C=O) groups is 1. The second kappa shape index (κ2) is 7.08. The van der Waals surface area contributed by atoms with Gasteiger partial charge in [0.1, 0.15) is 0 Å². The van der Waals surface area contributed by atoms with Crippen molar-refractivity contribution >= 4 is 5.97 Å². The van der Waals surface area contributed by atoms with Crippen LogP contribution < -0.4 is 5.32 Å². The summed E-state index contributed by atoms with van der Waals surface area (Å²) in [7, 11) is 0. The van der Waals surface area contributed by atoms with E-state index in [4.69, 9.17) is 4.74 Å². The Morgan fingerprint density at radius 3 is 2.90 bits per heavy atom. The molecule has 0 bridgehead atoms. The molecule has 0 saturated heterocycles. The molecule has 1 N–H and O–H groups in total. The zero-order valence-corrected chi connectivity index (χ0v) is 13.4. The molecule has 1 aromatic rings. The quantitative estimate of drug-likeness (QED) is 0.640. The number of carbonyl (C=O) groups excluding carboxylic acids is 1. The van der Waals surface area contributed by atoms with Gasteiger partial charge in [-0.1, -0.05) is 38.1 Å². The second-order valence-corrected chi connectivity index (χ2v) is 6.43. The standard InChI is InChI=1S/C18H27NO2/c1-4-21-17(20)10-7-13-19-16-11-12-18(2,3)15-9-6-5-8-14(15)16/h5-6,8-9,16,19H,4,7,10-13H2,1-3H3. The van der Waals surface area contributed by atoms with E-state index in [2.05, 4.69) is 43.4 Å². The van der Waals surface area contributed by atoms with Crippen LogP contribution >= 0.6 is 0 Å². The Morgan fingerprint density at radius 2 is 2.14 bits per heavy atom. The van der Waals surface area contributed by atoms with Crippen LogP contribution in [0.4, 0.5) is 0 Å². The average molecular weight is 289 g/mol. The topological polar surface area (TPSA) is 38.3 Å². The van der Waals surface area contributed by atoms with E-state index in [-0.39, 0.29) is 11.4 Å². The van der Waals surface area contributed by atoms with Crippen LogP contribution in [0.15, 0.2) is 24.3 Å². The lowest BCUT2D eigenvalue weighted by Gasteiger charge is -2.37. The minimum absolute atomic E-state index is 0.0931. The Balaban J connectivity index is 1.89. The van der Waals surface area contributed by atoms with Crippen molar-refractivity contribution in [3.8, 4) is 0 Å². The minimum Gasteiger partial charge on any atom is -0.466 e. The third kappa shape index (κ3) is 4.07. The van der Waals surface area contributed by atoms with Crippen molar-refractivity contribution in [2.45, 2.75) is 57.9 Å². The second-order valence-electron chi connectivity index (χ2n) is 6.43. The first-order valence-corrected chi connectivity index (χ1v) is 8.03. The molecule has 0 saturated carbocycles. The van der Waals surface area contributed by atoms with E-state index in [1.54, 1.807) is 0 Å². The van der Waals surface area contributed by atoms with Crippen LogP contribution in [0.1, 0.15) is 63.6 Å². The van der Waals surface area contributed by atoms with Crippen molar-refractivity contribution in [3.63, 3.8) is 0 Å². The van der Waals surface area contributed by atoms with E-state index in [0.717, 1.165) is 19.4 Å². The number of nitrogens with one attached hydrogen (secondary N) is 1. The highest BCUT2D eigenvalue weighted by molar-refractivity contribution is 5.69. The summed E-state index contributed by atoms with van der Waals surface area (Å²) in [4.78, 5) is 11.3. The first-order chi connectivity index (χ1) is 10.0. The van der Waals surface area contributed by atoms with E-state index in [1.807, 2.05) is 6.92 Å². The van der Waals surface area contributed by atoms with Crippen LogP contribution in [0.2, 0.25) is 0 Å². The Bertz CT molecular complexity index is 482. The van der Waals surface area contributed by atoms with Gasteiger partial charge in [-0.3, -0.25) is 4.79 Å². The number of fused-ring (bicyclic) bond motifs is 1. The molecule has 0 heterocycles. The van der Waals surface area contributed by atoms with Gasteiger partial charge in [-0.15, -0.1) is 0 Å². The molecule has 1 atom stereocenters. The fourth-order valence-electron chi connectivity index (χ4n) is 3.17. The summed E-state index contributed by atoms with van der Waals surface area (Å²) in [6.07, 6.45) is 3.69. The van der Waals surface area contributed by atoms with Crippen LogP contribution in [0.3, 0.4) is 0 Å². The van der Waals surface area contributed by atoms with Gasteiger partial charge in [0.05, 0.1) is 6.61 Å². The van der Waals surface area contributed by atoms with Gasteiger partial charge in [-0.25, -0.2) is 0 Å². The number of hydrogen-bond donors (Lipinski definition) is 1. The van der Waals surface area contributed by atoms with Crippen molar-refractivity contribution < 1.29 is 9.53 Å². The lowest BCUT2D eigenvalue weighted by atomic mass is 9.71. The van der Waals surface area contributed by atoms with Crippen molar-refractivity contribution in [2.24, 2.45) is 0 Å². The fraction of sp³-hybridized carbons (Fsp3) is 0.611. The monoisotopic (exact) mass is 289 g/mol. The lowest BCUT2D eigenvalue weighted by Crippen LogP contribution is -2.33. The van der Waals surface area contributed by atoms with Crippen LogP contribution in [-0.2, 0) is 14.9 Å². The van der Waals surface area contributed by atoms with Crippen molar-refractivity contribution in [2.75, 3.05) is 13.2 Å². The Hall–Kier alpha value is -1.35. The molecular formula is C18H27NO2. The summed E-state index contributed by atoms with van der Waals surface area (Å²) < 4.78 is 4.95. The smallest absolute Gasteiger partial charge is 0.305 e. The molecule has 0 amide bonds. The van der Waals surface area contributed by atoms with E-state index in [0.29, 0.717) is 19.1 Å². The van der Waals surface area contributed by atoms with Crippen molar-refractivity contribution in [1.29, 1.82) is 0 Å². The summed E-state index contributed by atoms with van der Waals surface area (Å²) >= 11 is 0. The zero-order chi connectivity index (χ0) is 15.3. The molecule has 0 radical (unpaired) electrons. The summed E-state index contributed by atoms with van der Waals surface area (Å²) in [5.74, 6) is -0.0931. The van der Waals surface area contributed by atoms with Gasteiger partial charge in [0.25, 0.3) is 0 Å². The van der Waals surface area contributed by atoms with E-state index in [9.17, 15) is 4.79 Å². The maximum atomic E-state index is 11.3. The van der Waals surface area contributed by atoms with Gasteiger partial charge in [0.2, 0.25) is 0 Å². The minimum atomic E-state index is -0.0931. The number of hydrogen-bond acceptors (Lipinski definition) is 3. The molecule has 1 aliphatic carbocycles. The van der Waals surface area contributed by atoms with Gasteiger partial charge in [-0.2, -0.15) is 0 Å². The maximum Gasteiger partial charge on any atom is 0.305 e. The zero-order valence-electron chi connectivity index (χ0n) is 13.4. The molecule has 0 aliphatic heterocycles. The Labute approximate surface area is 128 Å². The first-order valence-electron chi connectivity index (χ1n) is 8.03. The molecule has 1 unspecified atom stereocenters. The molecule has 1 aromatic carbocycles. The van der Waals surface area contributed by atoms with Crippen molar-refractivity contribution in [3.05, 3.63) is 35.4 Å². The molecule has 3 nitrogen and oxygen atoms in total. The average Bonchev–Trinajstić information content (AvgIpc) is 2.46. The maximum absolute atomic E-state index is 11.3. The fourth-order valence-corrected chi connectivity index (χ4v) is 3.17. The molecule has 0 aromatic heterocycles. The molecule has 1 aliphatic rings.